The van der Waals surface area contributed by atoms with Crippen LogP contribution in [0.15, 0.2) is 42.5 Å². The maximum absolute atomic E-state index is 11.9. The predicted octanol–water partition coefficient (Wildman–Crippen LogP) is 4.14. The Hall–Kier alpha value is -2.58. The molecule has 26 heavy (non-hydrogen) atoms. The third-order valence-corrected chi connectivity index (χ3v) is 4.64. The smallest absolute Gasteiger partial charge is 0.292 e. The molecule has 0 aliphatic heterocycles. The van der Waals surface area contributed by atoms with Crippen molar-refractivity contribution in [1.29, 1.82) is 0 Å². The fourth-order valence-electron chi connectivity index (χ4n) is 2.16. The topological polar surface area (TPSA) is 101 Å². The number of thioether (sulfide) groups is 1. The summed E-state index contributed by atoms with van der Waals surface area (Å²) in [5.41, 5.74) is 1.66. The van der Waals surface area contributed by atoms with Crippen molar-refractivity contribution in [1.82, 2.24) is 5.32 Å². The molecule has 136 valence electrons. The lowest BCUT2D eigenvalue weighted by Crippen LogP contribution is -2.22. The van der Waals surface area contributed by atoms with E-state index >= 15 is 0 Å². The summed E-state index contributed by atoms with van der Waals surface area (Å²) in [6, 6.07) is 11.3. The number of nitro benzene ring substituents is 1. The minimum absolute atomic E-state index is 0.0928. The second-order valence-electron chi connectivity index (χ2n) is 5.29. The van der Waals surface area contributed by atoms with Gasteiger partial charge in [0.25, 0.3) is 10.9 Å². The summed E-state index contributed by atoms with van der Waals surface area (Å²) in [7, 11) is 0. The van der Waals surface area contributed by atoms with Crippen molar-refractivity contribution in [2.45, 2.75) is 13.5 Å². The summed E-state index contributed by atoms with van der Waals surface area (Å²) in [4.78, 5) is 34.1. The second kappa shape index (κ2) is 9.21. The average Bonchev–Trinajstić information content (AvgIpc) is 2.60. The lowest BCUT2D eigenvalue weighted by Gasteiger charge is -2.09. The van der Waals surface area contributed by atoms with E-state index in [0.29, 0.717) is 5.02 Å². The van der Waals surface area contributed by atoms with Crippen LogP contribution in [0.2, 0.25) is 5.02 Å². The van der Waals surface area contributed by atoms with E-state index in [-0.39, 0.29) is 28.9 Å². The molecular formula is C17H16ClN3O4S. The number of nitrogens with one attached hydrogen (secondary N) is 2. The largest absolute Gasteiger partial charge is 0.343 e. The highest BCUT2D eigenvalue weighted by Gasteiger charge is 2.15. The number of para-hydroxylation sites is 2. The Morgan fingerprint density at radius 2 is 1.92 bits per heavy atom. The molecule has 0 saturated carbocycles. The maximum Gasteiger partial charge on any atom is 0.292 e. The van der Waals surface area contributed by atoms with Crippen molar-refractivity contribution in [2.75, 3.05) is 11.1 Å². The van der Waals surface area contributed by atoms with Crippen LogP contribution in [0, 0.1) is 17.0 Å². The Labute approximate surface area is 159 Å². The number of hydrogen-bond donors (Lipinski definition) is 2. The summed E-state index contributed by atoms with van der Waals surface area (Å²) in [6.45, 7) is 2.14. The van der Waals surface area contributed by atoms with Gasteiger partial charge in [-0.25, -0.2) is 0 Å². The van der Waals surface area contributed by atoms with Gasteiger partial charge in [0.2, 0.25) is 5.91 Å². The standard InChI is InChI=1S/C17H16ClN3O4S/c1-11-5-4-6-13(18)12(11)9-19-17(23)26-10-16(22)20-14-7-2-3-8-15(14)21(24)25/h2-8H,9-10H2,1H3,(H,19,23)(H,20,22). The summed E-state index contributed by atoms with van der Waals surface area (Å²) < 4.78 is 0. The number of nitro groups is 1. The number of amides is 2. The molecular weight excluding hydrogens is 378 g/mol. The van der Waals surface area contributed by atoms with E-state index in [1.54, 1.807) is 12.1 Å². The molecule has 2 rings (SSSR count). The predicted molar refractivity (Wildman–Crippen MR) is 103 cm³/mol. The van der Waals surface area contributed by atoms with E-state index in [4.69, 9.17) is 11.6 Å². The molecule has 0 heterocycles. The Balaban J connectivity index is 1.84. The van der Waals surface area contributed by atoms with Crippen molar-refractivity contribution in [3.63, 3.8) is 0 Å². The number of anilines is 1. The number of carbonyl (C=O) groups is 2. The van der Waals surface area contributed by atoms with E-state index in [9.17, 15) is 19.7 Å². The quantitative estimate of drug-likeness (QED) is 0.567. The van der Waals surface area contributed by atoms with Crippen molar-refractivity contribution in [2.24, 2.45) is 0 Å². The molecule has 7 nitrogen and oxygen atoms in total. The zero-order valence-corrected chi connectivity index (χ0v) is 15.4. The van der Waals surface area contributed by atoms with Gasteiger partial charge in [-0.15, -0.1) is 0 Å². The molecule has 0 spiro atoms. The van der Waals surface area contributed by atoms with Gasteiger partial charge in [-0.05, 0) is 30.2 Å². The van der Waals surface area contributed by atoms with Gasteiger partial charge in [0.15, 0.2) is 0 Å². The van der Waals surface area contributed by atoms with Crippen LogP contribution in [0.5, 0.6) is 0 Å². The number of halogens is 1. The van der Waals surface area contributed by atoms with Crippen molar-refractivity contribution in [3.05, 3.63) is 68.7 Å². The Morgan fingerprint density at radius 3 is 2.62 bits per heavy atom. The minimum Gasteiger partial charge on any atom is -0.343 e. The molecule has 0 aliphatic rings. The lowest BCUT2D eigenvalue weighted by atomic mass is 10.1. The van der Waals surface area contributed by atoms with Gasteiger partial charge in [-0.3, -0.25) is 19.7 Å². The van der Waals surface area contributed by atoms with E-state index in [1.807, 2.05) is 19.1 Å². The van der Waals surface area contributed by atoms with Gasteiger partial charge >= 0.3 is 0 Å². The monoisotopic (exact) mass is 393 g/mol. The summed E-state index contributed by atoms with van der Waals surface area (Å²) in [5.74, 6) is -0.673. The second-order valence-corrected chi connectivity index (χ2v) is 6.64. The Bertz CT molecular complexity index is 824. The molecule has 0 aromatic heterocycles. The van der Waals surface area contributed by atoms with Crippen LogP contribution in [0.3, 0.4) is 0 Å². The molecule has 2 amide bonds. The molecule has 9 heteroatoms. The van der Waals surface area contributed by atoms with Crippen LogP contribution in [-0.4, -0.2) is 21.8 Å². The van der Waals surface area contributed by atoms with Crippen molar-refractivity contribution < 1.29 is 14.5 Å². The van der Waals surface area contributed by atoms with Gasteiger partial charge in [0.05, 0.1) is 10.7 Å². The molecule has 2 N–H and O–H groups in total. The fraction of sp³-hybridized carbons (Fsp3) is 0.176. The lowest BCUT2D eigenvalue weighted by molar-refractivity contribution is -0.383. The van der Waals surface area contributed by atoms with Gasteiger partial charge in [0, 0.05) is 17.6 Å². The van der Waals surface area contributed by atoms with E-state index < -0.39 is 10.8 Å². The number of hydrogen-bond acceptors (Lipinski definition) is 5. The zero-order chi connectivity index (χ0) is 19.1. The highest BCUT2D eigenvalue weighted by Crippen LogP contribution is 2.23. The van der Waals surface area contributed by atoms with Crippen molar-refractivity contribution >= 4 is 45.9 Å². The van der Waals surface area contributed by atoms with Crippen molar-refractivity contribution in [3.8, 4) is 0 Å². The third-order valence-electron chi connectivity index (χ3n) is 3.47. The van der Waals surface area contributed by atoms with Gasteiger partial charge < -0.3 is 10.6 Å². The molecule has 0 saturated heterocycles. The summed E-state index contributed by atoms with van der Waals surface area (Å²) in [5, 5.41) is 16.2. The van der Waals surface area contributed by atoms with E-state index in [0.717, 1.165) is 22.9 Å². The van der Waals surface area contributed by atoms with Crippen LogP contribution in [0.1, 0.15) is 11.1 Å². The van der Waals surface area contributed by atoms with Crippen LogP contribution in [-0.2, 0) is 11.3 Å². The average molecular weight is 394 g/mol. The first-order valence-electron chi connectivity index (χ1n) is 7.56. The number of aryl methyl sites for hydroxylation is 1. The molecule has 2 aromatic rings. The fourth-order valence-corrected chi connectivity index (χ4v) is 2.96. The van der Waals surface area contributed by atoms with Crippen LogP contribution < -0.4 is 10.6 Å². The Kier molecular flexibility index (Phi) is 6.99. The molecule has 0 atom stereocenters. The van der Waals surface area contributed by atoms with Gasteiger partial charge in [-0.2, -0.15) is 0 Å². The van der Waals surface area contributed by atoms with Crippen LogP contribution >= 0.6 is 23.4 Å². The first kappa shape index (κ1) is 19.7. The third kappa shape index (κ3) is 5.47. The summed E-state index contributed by atoms with van der Waals surface area (Å²) in [6.07, 6.45) is 0. The van der Waals surface area contributed by atoms with E-state index in [1.165, 1.54) is 18.2 Å². The molecule has 0 unspecified atom stereocenters. The number of benzene rings is 2. The molecule has 2 aromatic carbocycles. The molecule has 0 bridgehead atoms. The van der Waals surface area contributed by atoms with Gasteiger partial charge in [0.1, 0.15) is 5.69 Å². The SMILES string of the molecule is Cc1cccc(Cl)c1CNC(=O)SCC(=O)Nc1ccccc1[N+](=O)[O-]. The highest BCUT2D eigenvalue weighted by atomic mass is 35.5. The van der Waals surface area contributed by atoms with Gasteiger partial charge in [-0.1, -0.05) is 47.6 Å². The number of carbonyl (C=O) groups excluding carboxylic acids is 2. The molecule has 0 radical (unpaired) electrons. The first-order valence-corrected chi connectivity index (χ1v) is 8.92. The minimum atomic E-state index is -0.582. The van der Waals surface area contributed by atoms with Crippen LogP contribution in [0.25, 0.3) is 0 Å². The van der Waals surface area contributed by atoms with E-state index in [2.05, 4.69) is 10.6 Å². The number of rotatable bonds is 6. The number of nitrogens with zero attached hydrogens (tertiary/aromatic N) is 1. The first-order chi connectivity index (χ1) is 12.4. The summed E-state index contributed by atoms with van der Waals surface area (Å²) >= 11 is 6.87. The van der Waals surface area contributed by atoms with Crippen LogP contribution in [0.4, 0.5) is 16.2 Å². The maximum atomic E-state index is 11.9. The normalized spacial score (nSPS) is 10.2. The Morgan fingerprint density at radius 1 is 1.19 bits per heavy atom. The molecule has 0 aliphatic carbocycles. The zero-order valence-electron chi connectivity index (χ0n) is 13.8. The molecule has 0 fully saturated rings. The highest BCUT2D eigenvalue weighted by molar-refractivity contribution is 8.14.